The van der Waals surface area contributed by atoms with Gasteiger partial charge in [-0.3, -0.25) is 4.57 Å². The van der Waals surface area contributed by atoms with Gasteiger partial charge in [-0.2, -0.15) is 0 Å². The summed E-state index contributed by atoms with van der Waals surface area (Å²) in [7, 11) is -1.83. The summed E-state index contributed by atoms with van der Waals surface area (Å²) in [5, 5.41) is 3.18. The summed E-state index contributed by atoms with van der Waals surface area (Å²) >= 11 is 0. The average Bonchev–Trinajstić information content (AvgIpc) is 2.61. The van der Waals surface area contributed by atoms with Crippen LogP contribution in [0.25, 0.3) is 0 Å². The van der Waals surface area contributed by atoms with E-state index in [1.165, 1.54) is 0 Å². The molecule has 1 unspecified atom stereocenters. The molecule has 0 fully saturated rings. The predicted molar refractivity (Wildman–Crippen MR) is 94.5 cm³/mol. The second kappa shape index (κ2) is 8.83. The first kappa shape index (κ1) is 18.5. The number of methoxy groups -OCH3 is 1. The molecule has 6 nitrogen and oxygen atoms in total. The third kappa shape index (κ3) is 4.57. The number of hydrogen-bond acceptors (Lipinski definition) is 6. The van der Waals surface area contributed by atoms with Crippen LogP contribution in [0.4, 0.5) is 5.82 Å². The first-order chi connectivity index (χ1) is 11.6. The van der Waals surface area contributed by atoms with Crippen LogP contribution in [-0.4, -0.2) is 25.3 Å². The van der Waals surface area contributed by atoms with Crippen molar-refractivity contribution in [2.24, 2.45) is 0 Å². The minimum atomic E-state index is -3.43. The van der Waals surface area contributed by atoms with Crippen molar-refractivity contribution in [3.8, 4) is 5.75 Å². The lowest BCUT2D eigenvalue weighted by atomic mass is 10.2. The molecule has 0 bridgehead atoms. The molecule has 2 aromatic rings. The molecule has 1 N–H and O–H groups in total. The van der Waals surface area contributed by atoms with Gasteiger partial charge < -0.3 is 19.1 Å². The maximum absolute atomic E-state index is 13.3. The lowest BCUT2D eigenvalue weighted by molar-refractivity contribution is 0.214. The molecular formula is C17H23N2O4P. The van der Waals surface area contributed by atoms with Gasteiger partial charge in [0.1, 0.15) is 11.6 Å². The van der Waals surface area contributed by atoms with Gasteiger partial charge in [-0.25, -0.2) is 4.98 Å². The summed E-state index contributed by atoms with van der Waals surface area (Å²) in [6.45, 7) is 4.15. The predicted octanol–water partition coefficient (Wildman–Crippen LogP) is 4.47. The van der Waals surface area contributed by atoms with Crippen LogP contribution in [0, 0.1) is 0 Å². The van der Waals surface area contributed by atoms with Crippen LogP contribution < -0.4 is 10.1 Å². The molecule has 0 aliphatic carbocycles. The van der Waals surface area contributed by atoms with Gasteiger partial charge in [-0.1, -0.05) is 18.2 Å². The summed E-state index contributed by atoms with van der Waals surface area (Å²) < 4.78 is 29.5. The second-order valence-corrected chi connectivity index (χ2v) is 7.02. The monoisotopic (exact) mass is 350 g/mol. The fourth-order valence-electron chi connectivity index (χ4n) is 2.27. The van der Waals surface area contributed by atoms with Crippen molar-refractivity contribution < 1.29 is 18.3 Å². The molecule has 0 spiro atoms. The molecule has 0 saturated carbocycles. The third-order valence-corrected chi connectivity index (χ3v) is 5.61. The summed E-state index contributed by atoms with van der Waals surface area (Å²) in [6, 6.07) is 12.8. The molecule has 1 heterocycles. The van der Waals surface area contributed by atoms with E-state index >= 15 is 0 Å². The number of aromatic nitrogens is 1. The molecule has 1 aromatic carbocycles. The van der Waals surface area contributed by atoms with Gasteiger partial charge in [-0.15, -0.1) is 0 Å². The quantitative estimate of drug-likeness (QED) is 0.673. The Labute approximate surface area is 142 Å². The van der Waals surface area contributed by atoms with Crippen molar-refractivity contribution in [3.63, 3.8) is 0 Å². The fraction of sp³-hybridized carbons (Fsp3) is 0.353. The minimum absolute atomic E-state index is 0.286. The smallest absolute Gasteiger partial charge is 0.357 e. The van der Waals surface area contributed by atoms with Crippen molar-refractivity contribution in [3.05, 3.63) is 54.2 Å². The highest BCUT2D eigenvalue weighted by Gasteiger charge is 2.37. The van der Waals surface area contributed by atoms with Crippen LogP contribution in [0.2, 0.25) is 0 Å². The summed E-state index contributed by atoms with van der Waals surface area (Å²) in [6.07, 6.45) is 1.67. The molecule has 0 radical (unpaired) electrons. The molecule has 0 amide bonds. The number of rotatable bonds is 9. The van der Waals surface area contributed by atoms with E-state index in [0.29, 0.717) is 5.82 Å². The SMILES string of the molecule is CCOP(=O)(OCC)C(Nc1ccccn1)c1ccc(OC)cc1. The Kier molecular flexibility index (Phi) is 6.79. The van der Waals surface area contributed by atoms with Crippen LogP contribution in [0.15, 0.2) is 48.7 Å². The number of nitrogens with one attached hydrogen (secondary N) is 1. The zero-order valence-corrected chi connectivity index (χ0v) is 15.0. The van der Waals surface area contributed by atoms with E-state index in [2.05, 4.69) is 10.3 Å². The zero-order chi connectivity index (χ0) is 17.4. The summed E-state index contributed by atoms with van der Waals surface area (Å²) in [4.78, 5) is 4.24. The van der Waals surface area contributed by atoms with Crippen molar-refractivity contribution >= 4 is 13.4 Å². The Hall–Kier alpha value is -1.88. The number of nitrogens with zero attached hydrogens (tertiary/aromatic N) is 1. The maximum Gasteiger partial charge on any atom is 0.357 e. The van der Waals surface area contributed by atoms with Crippen molar-refractivity contribution in [1.82, 2.24) is 4.98 Å². The summed E-state index contributed by atoms with van der Waals surface area (Å²) in [5.74, 6) is 0.647. The molecule has 1 atom stereocenters. The Morgan fingerprint density at radius 2 is 1.75 bits per heavy atom. The molecule has 1 aromatic heterocycles. The lowest BCUT2D eigenvalue weighted by Gasteiger charge is -2.27. The van der Waals surface area contributed by atoms with Gasteiger partial charge in [-0.05, 0) is 43.7 Å². The third-order valence-electron chi connectivity index (χ3n) is 3.32. The van der Waals surface area contributed by atoms with Crippen LogP contribution in [-0.2, 0) is 13.6 Å². The van der Waals surface area contributed by atoms with E-state index in [4.69, 9.17) is 13.8 Å². The minimum Gasteiger partial charge on any atom is -0.497 e. The Balaban J connectivity index is 2.40. The average molecular weight is 350 g/mol. The van der Waals surface area contributed by atoms with Gasteiger partial charge in [0.15, 0.2) is 5.78 Å². The number of anilines is 1. The van der Waals surface area contributed by atoms with Gasteiger partial charge in [0.2, 0.25) is 0 Å². The number of hydrogen-bond donors (Lipinski definition) is 1. The van der Waals surface area contributed by atoms with Crippen LogP contribution in [0.3, 0.4) is 0 Å². The molecule has 0 saturated heterocycles. The Morgan fingerprint density at radius 3 is 2.25 bits per heavy atom. The fourth-order valence-corrected chi connectivity index (χ4v) is 4.19. The second-order valence-electron chi connectivity index (χ2n) is 4.91. The van der Waals surface area contributed by atoms with Crippen molar-refractivity contribution in [1.29, 1.82) is 0 Å². The standard InChI is InChI=1S/C17H23N2O4P/c1-4-22-24(20,23-5-2)17(19-16-8-6-7-13-18-16)14-9-11-15(21-3)12-10-14/h6-13,17H,4-5H2,1-3H3,(H,18,19). The van der Waals surface area contributed by atoms with Gasteiger partial charge >= 0.3 is 7.60 Å². The first-order valence-electron chi connectivity index (χ1n) is 7.83. The molecule has 0 aliphatic heterocycles. The van der Waals surface area contributed by atoms with E-state index in [-0.39, 0.29) is 13.2 Å². The Morgan fingerprint density at radius 1 is 1.08 bits per heavy atom. The highest BCUT2D eigenvalue weighted by molar-refractivity contribution is 7.54. The van der Waals surface area contributed by atoms with Crippen LogP contribution in [0.5, 0.6) is 5.75 Å². The highest BCUT2D eigenvalue weighted by atomic mass is 31.2. The molecule has 2 rings (SSSR count). The van der Waals surface area contributed by atoms with Crippen LogP contribution >= 0.6 is 7.60 Å². The van der Waals surface area contributed by atoms with Gasteiger partial charge in [0.05, 0.1) is 20.3 Å². The first-order valence-corrected chi connectivity index (χ1v) is 9.44. The Bertz CT molecular complexity index is 654. The number of benzene rings is 1. The van der Waals surface area contributed by atoms with Crippen molar-refractivity contribution in [2.45, 2.75) is 19.6 Å². The number of ether oxygens (including phenoxy) is 1. The molecule has 130 valence electrons. The largest absolute Gasteiger partial charge is 0.497 e. The normalized spacial score (nSPS) is 12.6. The van der Waals surface area contributed by atoms with E-state index in [0.717, 1.165) is 11.3 Å². The molecule has 0 aliphatic rings. The summed E-state index contributed by atoms with van der Waals surface area (Å²) in [5.41, 5.74) is 0.770. The molecular weight excluding hydrogens is 327 g/mol. The van der Waals surface area contributed by atoms with E-state index in [9.17, 15) is 4.57 Å². The van der Waals surface area contributed by atoms with Gasteiger partial charge in [0.25, 0.3) is 0 Å². The molecule has 7 heteroatoms. The van der Waals surface area contributed by atoms with E-state index in [1.807, 2.05) is 36.4 Å². The maximum atomic E-state index is 13.3. The lowest BCUT2D eigenvalue weighted by Crippen LogP contribution is -2.16. The number of pyridine rings is 1. The topological polar surface area (TPSA) is 69.7 Å². The van der Waals surface area contributed by atoms with Gasteiger partial charge in [0, 0.05) is 6.20 Å². The van der Waals surface area contributed by atoms with E-state index < -0.39 is 13.4 Å². The molecule has 24 heavy (non-hydrogen) atoms. The van der Waals surface area contributed by atoms with E-state index in [1.54, 1.807) is 33.2 Å². The van der Waals surface area contributed by atoms with Crippen LogP contribution in [0.1, 0.15) is 25.2 Å². The highest BCUT2D eigenvalue weighted by Crippen LogP contribution is 2.60. The zero-order valence-electron chi connectivity index (χ0n) is 14.1. The van der Waals surface area contributed by atoms with Crippen molar-refractivity contribution in [2.75, 3.05) is 25.6 Å².